The van der Waals surface area contributed by atoms with Crippen molar-refractivity contribution in [3.8, 4) is 0 Å². The van der Waals surface area contributed by atoms with Crippen LogP contribution in [0, 0.1) is 0 Å². The summed E-state index contributed by atoms with van der Waals surface area (Å²) in [7, 11) is -4.62. The summed E-state index contributed by atoms with van der Waals surface area (Å²) in [4.78, 5) is 23.8. The first-order valence-electron chi connectivity index (χ1n) is 17.0. The van der Waals surface area contributed by atoms with Gasteiger partial charge in [-0.2, -0.15) is 8.42 Å². The molecular weight excluding hydrogens is 711 g/mol. The van der Waals surface area contributed by atoms with Gasteiger partial charge in [0.25, 0.3) is 10.1 Å². The smallest absolute Gasteiger partial charge is 0.278 e. The topological polar surface area (TPSA) is 155 Å². The third kappa shape index (κ3) is 11.0. The maximum Gasteiger partial charge on any atom is 0.278 e. The second-order valence-electron chi connectivity index (χ2n) is 12.7. The fourth-order valence-electron chi connectivity index (χ4n) is 6.01. The average molecular weight is 756 g/mol. The van der Waals surface area contributed by atoms with E-state index < -0.39 is 63.6 Å². The number of Topliss-reactive ketones (excluding diaryl/α,β-unsaturated/α-hetero) is 2. The SMILES string of the molecule is CC1(S(=O)(=O)O)CC(=O)c2ccccc2C1=O.CCOC1O[C@H]([C@@H](COCc2ccccc2)OCc2ccccc2)[C@H](OCc2ccccc2)[C@H]1O.[Na]. The molecule has 0 amide bonds. The van der Waals surface area contributed by atoms with E-state index in [-0.39, 0.29) is 47.3 Å². The minimum Gasteiger partial charge on any atom is -0.385 e. The Labute approximate surface area is 332 Å². The van der Waals surface area contributed by atoms with Crippen LogP contribution in [0.5, 0.6) is 0 Å². The molecule has 11 nitrogen and oxygen atoms in total. The number of aliphatic hydroxyl groups excluding tert-OH is 1. The van der Waals surface area contributed by atoms with E-state index in [1.807, 2.05) is 97.9 Å². The zero-order valence-corrected chi connectivity index (χ0v) is 32.9. The van der Waals surface area contributed by atoms with Crippen molar-refractivity contribution in [3.05, 3.63) is 143 Å². The van der Waals surface area contributed by atoms with Crippen LogP contribution in [0.15, 0.2) is 115 Å². The van der Waals surface area contributed by atoms with Crippen molar-refractivity contribution in [2.75, 3.05) is 13.2 Å². The summed E-state index contributed by atoms with van der Waals surface area (Å²) in [5.74, 6) is -1.20. The van der Waals surface area contributed by atoms with E-state index in [1.165, 1.54) is 12.1 Å². The summed E-state index contributed by atoms with van der Waals surface area (Å²) in [6, 6.07) is 35.8. The summed E-state index contributed by atoms with van der Waals surface area (Å²) in [5.41, 5.74) is 3.39. The first kappa shape index (κ1) is 42.6. The van der Waals surface area contributed by atoms with E-state index >= 15 is 0 Å². The molecule has 2 aliphatic rings. The van der Waals surface area contributed by atoms with Gasteiger partial charge < -0.3 is 28.8 Å². The largest absolute Gasteiger partial charge is 0.385 e. The molecule has 1 saturated heterocycles. The van der Waals surface area contributed by atoms with E-state index in [4.69, 9.17) is 28.2 Å². The molecular formula is C40H44NaO11S. The monoisotopic (exact) mass is 755 g/mol. The van der Waals surface area contributed by atoms with Crippen LogP contribution in [0.3, 0.4) is 0 Å². The Bertz CT molecular complexity index is 1860. The van der Waals surface area contributed by atoms with Crippen molar-refractivity contribution in [1.82, 2.24) is 0 Å². The molecule has 13 heteroatoms. The van der Waals surface area contributed by atoms with E-state index in [9.17, 15) is 23.1 Å². The Hall–Kier alpha value is -3.11. The van der Waals surface area contributed by atoms with Crippen molar-refractivity contribution in [2.24, 2.45) is 0 Å². The van der Waals surface area contributed by atoms with Gasteiger partial charge in [-0.25, -0.2) is 0 Å². The molecule has 0 bridgehead atoms. The van der Waals surface area contributed by atoms with E-state index in [0.29, 0.717) is 26.4 Å². The standard InChI is InChI=1S/C29H34O6.C11H10O5S.Na/c1-2-32-29-26(30)28(34-20-24-16-10-5-11-17-24)27(35-29)25(33-19-23-14-8-4-9-15-23)21-31-18-22-12-6-3-7-13-22;1-11(17(14,15)16)6-9(12)7-4-2-3-5-8(7)10(11)13;/h3-17,25-30H,2,18-21H2,1H3;2-5H,6H2,1H3,(H,14,15,16);/t25-,26-,27-,28-,29?;;/m1../s1. The minimum atomic E-state index is -4.62. The molecule has 0 spiro atoms. The number of rotatable bonds is 14. The minimum absolute atomic E-state index is 0. The molecule has 1 fully saturated rings. The van der Waals surface area contributed by atoms with Gasteiger partial charge in [-0.05, 0) is 30.5 Å². The summed E-state index contributed by atoms with van der Waals surface area (Å²) in [6.45, 7) is 4.82. The molecule has 0 saturated carbocycles. The Balaban J connectivity index is 0.000000292. The van der Waals surface area contributed by atoms with E-state index in [0.717, 1.165) is 23.6 Å². The van der Waals surface area contributed by atoms with Gasteiger partial charge in [0, 0.05) is 53.7 Å². The predicted molar refractivity (Wildman–Crippen MR) is 198 cm³/mol. The Morgan fingerprint density at radius 1 is 0.774 bits per heavy atom. The number of aliphatic hydroxyl groups is 1. The Kier molecular flexibility index (Phi) is 16.1. The molecule has 4 aromatic rings. The van der Waals surface area contributed by atoms with Gasteiger partial charge in [-0.1, -0.05) is 115 Å². The van der Waals surface area contributed by atoms with Gasteiger partial charge >= 0.3 is 0 Å². The number of hydrogen-bond acceptors (Lipinski definition) is 10. The normalized spacial score (nSPS) is 22.9. The first-order chi connectivity index (χ1) is 25.0. The van der Waals surface area contributed by atoms with Gasteiger partial charge in [0.05, 0.1) is 26.4 Å². The molecule has 1 aliphatic heterocycles. The Morgan fingerprint density at radius 3 is 1.83 bits per heavy atom. The van der Waals surface area contributed by atoms with E-state index in [1.54, 1.807) is 12.1 Å². The fraction of sp³-hybridized carbons (Fsp3) is 0.350. The summed E-state index contributed by atoms with van der Waals surface area (Å²) in [5, 5.41) is 11.0. The molecule has 1 radical (unpaired) electrons. The van der Waals surface area contributed by atoms with Crippen LogP contribution in [0.4, 0.5) is 0 Å². The van der Waals surface area contributed by atoms with Crippen LogP contribution in [0.2, 0.25) is 0 Å². The molecule has 0 aromatic heterocycles. The fourth-order valence-corrected chi connectivity index (χ4v) is 6.66. The third-order valence-corrected chi connectivity index (χ3v) is 10.4. The zero-order valence-electron chi connectivity index (χ0n) is 30.1. The van der Waals surface area contributed by atoms with Crippen LogP contribution in [0.25, 0.3) is 0 Å². The first-order valence-corrected chi connectivity index (χ1v) is 18.5. The van der Waals surface area contributed by atoms with Crippen LogP contribution in [-0.2, 0) is 53.6 Å². The second-order valence-corrected chi connectivity index (χ2v) is 14.5. The van der Waals surface area contributed by atoms with Crippen molar-refractivity contribution < 1.29 is 51.4 Å². The van der Waals surface area contributed by atoms with Crippen LogP contribution in [-0.4, -0.2) is 108 Å². The van der Waals surface area contributed by atoms with Gasteiger partial charge in [0.1, 0.15) is 24.4 Å². The molecule has 2 N–H and O–H groups in total. The number of ether oxygens (including phenoxy) is 5. The van der Waals surface area contributed by atoms with Crippen molar-refractivity contribution in [1.29, 1.82) is 0 Å². The molecule has 4 aromatic carbocycles. The van der Waals surface area contributed by atoms with E-state index in [2.05, 4.69) is 0 Å². The number of benzene rings is 4. The summed E-state index contributed by atoms with van der Waals surface area (Å²) < 4.78 is 59.9. The summed E-state index contributed by atoms with van der Waals surface area (Å²) >= 11 is 0. The predicted octanol–water partition coefficient (Wildman–Crippen LogP) is 5.22. The molecule has 6 rings (SSSR count). The maximum atomic E-state index is 12.0. The average Bonchev–Trinajstić information content (AvgIpc) is 3.46. The quantitative estimate of drug-likeness (QED) is 0.129. The molecule has 1 aliphatic carbocycles. The van der Waals surface area contributed by atoms with Crippen LogP contribution < -0.4 is 0 Å². The van der Waals surface area contributed by atoms with Crippen molar-refractivity contribution >= 4 is 51.2 Å². The van der Waals surface area contributed by atoms with Gasteiger partial charge in [0.15, 0.2) is 22.6 Å². The van der Waals surface area contributed by atoms with Crippen LogP contribution in [0.1, 0.15) is 57.7 Å². The van der Waals surface area contributed by atoms with Gasteiger partial charge in [-0.15, -0.1) is 0 Å². The van der Waals surface area contributed by atoms with Crippen molar-refractivity contribution in [2.45, 2.75) is 75.5 Å². The number of ketones is 2. The Morgan fingerprint density at radius 2 is 1.28 bits per heavy atom. The second kappa shape index (κ2) is 20.0. The molecule has 53 heavy (non-hydrogen) atoms. The molecule has 1 heterocycles. The number of carbonyl (C=O) groups is 2. The summed E-state index contributed by atoms with van der Waals surface area (Å²) in [6.07, 6.45) is -3.93. The number of hydrogen-bond donors (Lipinski definition) is 2. The zero-order chi connectivity index (χ0) is 37.1. The third-order valence-electron chi connectivity index (χ3n) is 8.93. The molecule has 6 atom stereocenters. The van der Waals surface area contributed by atoms with Gasteiger partial charge in [0.2, 0.25) is 0 Å². The van der Waals surface area contributed by atoms with Crippen molar-refractivity contribution in [3.63, 3.8) is 0 Å². The molecule has 277 valence electrons. The maximum absolute atomic E-state index is 12.0. The number of fused-ring (bicyclic) bond motifs is 1. The van der Waals surface area contributed by atoms with Gasteiger partial charge in [-0.3, -0.25) is 14.1 Å². The van der Waals surface area contributed by atoms with Crippen LogP contribution >= 0.6 is 0 Å². The molecule has 2 unspecified atom stereocenters. The number of carbonyl (C=O) groups excluding carboxylic acids is 2.